The highest BCUT2D eigenvalue weighted by Crippen LogP contribution is 2.24. The van der Waals surface area contributed by atoms with Crippen LogP contribution in [0.25, 0.3) is 0 Å². The van der Waals surface area contributed by atoms with Crippen LogP contribution in [-0.4, -0.2) is 36.5 Å². The molecule has 0 atom stereocenters. The number of aromatic carboxylic acids is 1. The third-order valence-electron chi connectivity index (χ3n) is 7.21. The van der Waals surface area contributed by atoms with Gasteiger partial charge in [-0.2, -0.15) is 10.2 Å². The molecular formula is C37H43N5O3. The van der Waals surface area contributed by atoms with Crippen LogP contribution in [0.3, 0.4) is 0 Å². The molecule has 0 spiro atoms. The second kappa shape index (κ2) is 13.8. The summed E-state index contributed by atoms with van der Waals surface area (Å²) in [6.07, 6.45) is 0. The number of aromatic nitrogens is 4. The maximum atomic E-state index is 12.9. The molecule has 3 aromatic carbocycles. The molecule has 2 N–H and O–H groups in total. The summed E-state index contributed by atoms with van der Waals surface area (Å²) in [5, 5.41) is 21.4. The quantitative estimate of drug-likeness (QED) is 0.198. The van der Waals surface area contributed by atoms with E-state index >= 15 is 0 Å². The number of amides is 1. The number of nitrogens with zero attached hydrogens (tertiary/aromatic N) is 4. The maximum Gasteiger partial charge on any atom is 0.354 e. The van der Waals surface area contributed by atoms with Crippen molar-refractivity contribution in [1.29, 1.82) is 0 Å². The third-order valence-corrected chi connectivity index (χ3v) is 7.21. The highest BCUT2D eigenvalue weighted by molar-refractivity contribution is 6.03. The van der Waals surface area contributed by atoms with Gasteiger partial charge >= 0.3 is 5.97 Å². The third kappa shape index (κ3) is 9.01. The van der Waals surface area contributed by atoms with E-state index in [-0.39, 0.29) is 22.4 Å². The number of hydrogen-bond donors (Lipinski definition) is 2. The first kappa shape index (κ1) is 32.9. The van der Waals surface area contributed by atoms with E-state index in [0.717, 1.165) is 33.8 Å². The lowest BCUT2D eigenvalue weighted by molar-refractivity contribution is 0.0683. The number of rotatable bonds is 7. The lowest BCUT2D eigenvalue weighted by Gasteiger charge is -2.14. The zero-order valence-corrected chi connectivity index (χ0v) is 27.2. The van der Waals surface area contributed by atoms with Gasteiger partial charge in [-0.1, -0.05) is 120 Å². The summed E-state index contributed by atoms with van der Waals surface area (Å²) >= 11 is 0. The zero-order valence-electron chi connectivity index (χ0n) is 27.2. The fraction of sp³-hybridized carbons (Fsp3) is 0.297. The van der Waals surface area contributed by atoms with Crippen LogP contribution in [0, 0.1) is 6.92 Å². The molecule has 0 saturated carbocycles. The van der Waals surface area contributed by atoms with Crippen molar-refractivity contribution >= 4 is 17.6 Å². The lowest BCUT2D eigenvalue weighted by Crippen LogP contribution is -2.18. The highest BCUT2D eigenvalue weighted by Gasteiger charge is 2.24. The Morgan fingerprint density at radius 2 is 1.09 bits per heavy atom. The summed E-state index contributed by atoms with van der Waals surface area (Å²) in [6, 6.07) is 31.1. The molecule has 0 unspecified atom stereocenters. The van der Waals surface area contributed by atoms with Gasteiger partial charge in [-0.25, -0.2) is 4.79 Å². The van der Waals surface area contributed by atoms with E-state index in [1.807, 2.05) is 119 Å². The molecule has 5 rings (SSSR count). The molecule has 8 nitrogen and oxygen atoms in total. The highest BCUT2D eigenvalue weighted by atomic mass is 16.4. The smallest absolute Gasteiger partial charge is 0.354 e. The minimum absolute atomic E-state index is 0.124. The molecule has 234 valence electrons. The van der Waals surface area contributed by atoms with E-state index in [1.54, 1.807) is 15.4 Å². The predicted molar refractivity (Wildman–Crippen MR) is 179 cm³/mol. The number of aryl methyl sites for hydroxylation is 1. The molecule has 0 saturated heterocycles. The summed E-state index contributed by atoms with van der Waals surface area (Å²) in [5.74, 6) is -1.09. The van der Waals surface area contributed by atoms with Gasteiger partial charge in [0.2, 0.25) is 0 Å². The lowest BCUT2D eigenvalue weighted by atomic mass is 9.92. The van der Waals surface area contributed by atoms with E-state index in [4.69, 9.17) is 5.10 Å². The van der Waals surface area contributed by atoms with Gasteiger partial charge in [-0.15, -0.1) is 0 Å². The summed E-state index contributed by atoms with van der Waals surface area (Å²) in [5.41, 5.74) is 6.30. The van der Waals surface area contributed by atoms with Gasteiger partial charge in [0.25, 0.3) is 5.91 Å². The Morgan fingerprint density at radius 1 is 0.667 bits per heavy atom. The number of benzene rings is 3. The Labute approximate surface area is 265 Å². The van der Waals surface area contributed by atoms with Crippen molar-refractivity contribution < 1.29 is 14.7 Å². The molecule has 0 fully saturated rings. The molecule has 0 bridgehead atoms. The normalized spacial score (nSPS) is 11.4. The first-order valence-corrected chi connectivity index (χ1v) is 15.1. The minimum Gasteiger partial charge on any atom is -0.477 e. The van der Waals surface area contributed by atoms with Crippen molar-refractivity contribution in [1.82, 2.24) is 19.6 Å². The largest absolute Gasteiger partial charge is 0.477 e. The van der Waals surface area contributed by atoms with E-state index in [9.17, 15) is 14.7 Å². The summed E-state index contributed by atoms with van der Waals surface area (Å²) in [6.45, 7) is 15.4. The zero-order chi connectivity index (χ0) is 32.8. The fourth-order valence-electron chi connectivity index (χ4n) is 4.51. The van der Waals surface area contributed by atoms with E-state index in [0.29, 0.717) is 18.8 Å². The maximum absolute atomic E-state index is 12.9. The van der Waals surface area contributed by atoms with E-state index < -0.39 is 5.97 Å². The van der Waals surface area contributed by atoms with Crippen LogP contribution in [0.5, 0.6) is 0 Å². The molecule has 5 aromatic rings. The van der Waals surface area contributed by atoms with Crippen LogP contribution >= 0.6 is 0 Å². The monoisotopic (exact) mass is 605 g/mol. The SMILES string of the molecule is CC(C)(C)c1cc(C(=O)O)n(Cc2ccccc2)n1.Cc1ccc(NC(=O)c2cc(C(C)(C)C)nn2Cc2ccccc2)cc1. The number of nitrogens with one attached hydrogen (secondary N) is 1. The van der Waals surface area contributed by atoms with E-state index in [1.165, 1.54) is 0 Å². The van der Waals surface area contributed by atoms with Crippen LogP contribution in [0.15, 0.2) is 97.1 Å². The summed E-state index contributed by atoms with van der Waals surface area (Å²) < 4.78 is 3.34. The number of anilines is 1. The van der Waals surface area contributed by atoms with Crippen molar-refractivity contribution in [3.63, 3.8) is 0 Å². The van der Waals surface area contributed by atoms with Crippen LogP contribution in [0.4, 0.5) is 5.69 Å². The predicted octanol–water partition coefficient (Wildman–Crippen LogP) is 7.72. The second-order valence-corrected chi connectivity index (χ2v) is 13.2. The molecule has 0 aliphatic heterocycles. The molecule has 0 radical (unpaired) electrons. The Balaban J connectivity index is 0.000000215. The number of carboxylic acids is 1. The van der Waals surface area contributed by atoms with Gasteiger partial charge in [-0.05, 0) is 42.3 Å². The number of carbonyl (C=O) groups excluding carboxylic acids is 1. The molecule has 45 heavy (non-hydrogen) atoms. The summed E-state index contributed by atoms with van der Waals surface area (Å²) in [4.78, 5) is 24.2. The van der Waals surface area contributed by atoms with Crippen molar-refractivity contribution in [3.05, 3.63) is 137 Å². The molecule has 0 aliphatic rings. The average molecular weight is 606 g/mol. The Bertz CT molecular complexity index is 1720. The molecule has 2 heterocycles. The molecule has 8 heteroatoms. The van der Waals surface area contributed by atoms with Gasteiger partial charge in [0.1, 0.15) is 11.4 Å². The van der Waals surface area contributed by atoms with Gasteiger partial charge in [0, 0.05) is 16.5 Å². The van der Waals surface area contributed by atoms with Crippen molar-refractivity contribution in [3.8, 4) is 0 Å². The topological polar surface area (TPSA) is 102 Å². The van der Waals surface area contributed by atoms with Crippen LogP contribution in [-0.2, 0) is 23.9 Å². The van der Waals surface area contributed by atoms with Crippen molar-refractivity contribution in [2.75, 3.05) is 5.32 Å². The molecule has 2 aromatic heterocycles. The molecule has 0 aliphatic carbocycles. The first-order chi connectivity index (χ1) is 21.2. The van der Waals surface area contributed by atoms with Gasteiger partial charge in [-0.3, -0.25) is 14.2 Å². The number of hydrogen-bond acceptors (Lipinski definition) is 4. The number of carbonyl (C=O) groups is 2. The second-order valence-electron chi connectivity index (χ2n) is 13.2. The number of carboxylic acid groups (broad SMARTS) is 1. The fourth-order valence-corrected chi connectivity index (χ4v) is 4.51. The standard InChI is InChI=1S/C22H25N3O.C15H18N2O2/c1-16-10-12-18(13-11-16)23-21(26)19-14-20(22(2,3)4)24-25(19)15-17-8-6-5-7-9-17;1-15(2,3)13-9-12(14(18)19)17(16-13)10-11-7-5-4-6-8-11/h5-14H,15H2,1-4H3,(H,23,26);4-9H,10H2,1-3H3,(H,18,19). The molecule has 1 amide bonds. The van der Waals surface area contributed by atoms with Gasteiger partial charge < -0.3 is 10.4 Å². The van der Waals surface area contributed by atoms with Gasteiger partial charge in [0.15, 0.2) is 0 Å². The Kier molecular flexibility index (Phi) is 10.1. The van der Waals surface area contributed by atoms with Crippen LogP contribution in [0.2, 0.25) is 0 Å². The van der Waals surface area contributed by atoms with Crippen molar-refractivity contribution in [2.45, 2.75) is 72.4 Å². The molecular weight excluding hydrogens is 562 g/mol. The van der Waals surface area contributed by atoms with Gasteiger partial charge in [0.05, 0.1) is 24.5 Å². The average Bonchev–Trinajstić information content (AvgIpc) is 3.61. The Morgan fingerprint density at radius 3 is 1.51 bits per heavy atom. The van der Waals surface area contributed by atoms with E-state index in [2.05, 4.69) is 31.2 Å². The summed E-state index contributed by atoms with van der Waals surface area (Å²) in [7, 11) is 0. The van der Waals surface area contributed by atoms with Crippen LogP contribution < -0.4 is 5.32 Å². The van der Waals surface area contributed by atoms with Crippen LogP contribution in [0.1, 0.15) is 90.6 Å². The first-order valence-electron chi connectivity index (χ1n) is 15.1. The van der Waals surface area contributed by atoms with Crippen molar-refractivity contribution in [2.24, 2.45) is 0 Å². The Hall–Kier alpha value is -4.98. The minimum atomic E-state index is -0.945.